The highest BCUT2D eigenvalue weighted by atomic mass is 35.5. The van der Waals surface area contributed by atoms with E-state index in [1.807, 2.05) is 0 Å². The van der Waals surface area contributed by atoms with Gasteiger partial charge in [0.2, 0.25) is 5.82 Å². The van der Waals surface area contributed by atoms with Crippen LogP contribution in [0.3, 0.4) is 0 Å². The summed E-state index contributed by atoms with van der Waals surface area (Å²) in [5, 5.41) is 14.6. The number of hydrogen-bond donors (Lipinski definition) is 1. The maximum Gasteiger partial charge on any atom is 0.316 e. The van der Waals surface area contributed by atoms with Crippen molar-refractivity contribution in [1.29, 1.82) is 0 Å². The molecule has 28 heavy (non-hydrogen) atoms. The average Bonchev–Trinajstić information content (AvgIpc) is 3.33. The van der Waals surface area contributed by atoms with Gasteiger partial charge in [-0.05, 0) is 42.8 Å². The first-order chi connectivity index (χ1) is 13.5. The monoisotopic (exact) mass is 398 g/mol. The van der Waals surface area contributed by atoms with Gasteiger partial charge < -0.3 is 9.84 Å². The second-order valence-corrected chi connectivity index (χ2v) is 6.33. The Kier molecular flexibility index (Phi) is 4.58. The summed E-state index contributed by atoms with van der Waals surface area (Å²) < 4.78 is 20.3. The van der Waals surface area contributed by atoms with Crippen LogP contribution in [0, 0.1) is 12.7 Å². The first-order valence-electron chi connectivity index (χ1n) is 8.09. The number of carbonyl (C=O) groups excluding carboxylic acids is 1. The molecule has 0 aliphatic heterocycles. The van der Waals surface area contributed by atoms with Gasteiger partial charge in [-0.15, -0.1) is 5.10 Å². The molecule has 4 aromatic rings. The number of anilines is 1. The first-order valence-corrected chi connectivity index (χ1v) is 8.47. The van der Waals surface area contributed by atoms with Crippen LogP contribution in [0.25, 0.3) is 17.2 Å². The Labute approximate surface area is 162 Å². The van der Waals surface area contributed by atoms with E-state index in [1.54, 1.807) is 43.5 Å². The average molecular weight is 399 g/mol. The SMILES string of the molecule is Cc1ccc(NC(=O)c2nc(-c3cn(-c4cccc(Cl)c4)nn3)no2)c(F)c1. The summed E-state index contributed by atoms with van der Waals surface area (Å²) in [6.45, 7) is 1.75. The Morgan fingerprint density at radius 1 is 1.25 bits per heavy atom. The van der Waals surface area contributed by atoms with Crippen molar-refractivity contribution in [3.05, 3.63) is 71.0 Å². The number of carbonyl (C=O) groups is 1. The van der Waals surface area contributed by atoms with E-state index < -0.39 is 11.7 Å². The zero-order valence-electron chi connectivity index (χ0n) is 14.4. The minimum absolute atomic E-state index is 0.0160. The highest BCUT2D eigenvalue weighted by Crippen LogP contribution is 2.19. The van der Waals surface area contributed by atoms with Crippen molar-refractivity contribution in [3.63, 3.8) is 0 Å². The number of amides is 1. The fourth-order valence-electron chi connectivity index (χ4n) is 2.43. The van der Waals surface area contributed by atoms with Gasteiger partial charge >= 0.3 is 11.8 Å². The van der Waals surface area contributed by atoms with Crippen molar-refractivity contribution in [2.45, 2.75) is 6.92 Å². The summed E-state index contributed by atoms with van der Waals surface area (Å²) in [5.74, 6) is -1.55. The summed E-state index contributed by atoms with van der Waals surface area (Å²) in [4.78, 5) is 16.2. The summed E-state index contributed by atoms with van der Waals surface area (Å²) in [7, 11) is 0. The highest BCUT2D eigenvalue weighted by molar-refractivity contribution is 6.30. The molecule has 1 N–H and O–H groups in total. The number of nitrogens with one attached hydrogen (secondary N) is 1. The third-order valence-corrected chi connectivity index (χ3v) is 4.02. The molecule has 0 unspecified atom stereocenters. The van der Waals surface area contributed by atoms with Gasteiger partial charge in [0.1, 0.15) is 5.82 Å². The lowest BCUT2D eigenvalue weighted by molar-refractivity contribution is 0.0981. The van der Waals surface area contributed by atoms with Gasteiger partial charge in [-0.2, -0.15) is 4.98 Å². The minimum atomic E-state index is -0.733. The molecule has 0 aliphatic rings. The summed E-state index contributed by atoms with van der Waals surface area (Å²) >= 11 is 5.97. The summed E-state index contributed by atoms with van der Waals surface area (Å²) in [6, 6.07) is 11.5. The fourth-order valence-corrected chi connectivity index (χ4v) is 2.61. The third-order valence-electron chi connectivity index (χ3n) is 3.79. The highest BCUT2D eigenvalue weighted by Gasteiger charge is 2.19. The van der Waals surface area contributed by atoms with Gasteiger partial charge in [-0.3, -0.25) is 4.79 Å². The molecule has 10 heteroatoms. The number of halogens is 2. The molecule has 8 nitrogen and oxygen atoms in total. The van der Waals surface area contributed by atoms with Gasteiger partial charge in [0.25, 0.3) is 0 Å². The molecule has 140 valence electrons. The zero-order valence-corrected chi connectivity index (χ0v) is 15.2. The second kappa shape index (κ2) is 7.20. The summed E-state index contributed by atoms with van der Waals surface area (Å²) in [6.07, 6.45) is 1.57. The third kappa shape index (κ3) is 3.60. The normalized spacial score (nSPS) is 10.8. The van der Waals surface area contributed by atoms with Crippen molar-refractivity contribution in [1.82, 2.24) is 25.1 Å². The molecular formula is C18H12ClFN6O2. The molecule has 2 aromatic heterocycles. The maximum atomic E-state index is 13.9. The van der Waals surface area contributed by atoms with E-state index in [4.69, 9.17) is 16.1 Å². The van der Waals surface area contributed by atoms with Crippen LogP contribution in [0.1, 0.15) is 16.2 Å². The Morgan fingerprint density at radius 3 is 2.89 bits per heavy atom. The molecule has 0 saturated carbocycles. The van der Waals surface area contributed by atoms with Crippen LogP contribution in [-0.2, 0) is 0 Å². The van der Waals surface area contributed by atoms with Gasteiger partial charge in [-0.25, -0.2) is 9.07 Å². The Bertz CT molecular complexity index is 1170. The van der Waals surface area contributed by atoms with Crippen molar-refractivity contribution in [2.75, 3.05) is 5.32 Å². The molecule has 1 amide bonds. The van der Waals surface area contributed by atoms with E-state index in [2.05, 4.69) is 25.8 Å². The number of nitrogens with zero attached hydrogens (tertiary/aromatic N) is 5. The predicted octanol–water partition coefficient (Wildman–Crippen LogP) is 3.67. The quantitative estimate of drug-likeness (QED) is 0.563. The van der Waals surface area contributed by atoms with E-state index in [-0.39, 0.29) is 17.4 Å². The molecular weight excluding hydrogens is 387 g/mol. The van der Waals surface area contributed by atoms with Crippen LogP contribution in [-0.4, -0.2) is 31.0 Å². The van der Waals surface area contributed by atoms with E-state index in [1.165, 1.54) is 16.8 Å². The van der Waals surface area contributed by atoms with Crippen LogP contribution >= 0.6 is 11.6 Å². The second-order valence-electron chi connectivity index (χ2n) is 5.89. The van der Waals surface area contributed by atoms with Gasteiger partial charge in [0.05, 0.1) is 17.6 Å². The van der Waals surface area contributed by atoms with Crippen LogP contribution in [0.15, 0.2) is 53.2 Å². The Morgan fingerprint density at radius 2 is 2.11 bits per heavy atom. The molecule has 2 heterocycles. The topological polar surface area (TPSA) is 98.7 Å². The fraction of sp³-hybridized carbons (Fsp3) is 0.0556. The molecule has 0 fully saturated rings. The standard InChI is InChI=1S/C18H12ClFN6O2/c1-10-5-6-14(13(20)7-10)21-17(27)18-22-16(24-28-18)15-9-26(25-23-15)12-4-2-3-11(19)8-12/h2-9H,1H3,(H,21,27). The molecule has 0 atom stereocenters. The van der Waals surface area contributed by atoms with Crippen molar-refractivity contribution in [3.8, 4) is 17.2 Å². The Hall–Kier alpha value is -3.59. The molecule has 0 spiro atoms. The van der Waals surface area contributed by atoms with Crippen molar-refractivity contribution < 1.29 is 13.7 Å². The molecule has 0 aliphatic carbocycles. The zero-order chi connectivity index (χ0) is 19.7. The van der Waals surface area contributed by atoms with Gasteiger partial charge in [0, 0.05) is 5.02 Å². The first kappa shape index (κ1) is 17.8. The van der Waals surface area contributed by atoms with Crippen LogP contribution in [0.4, 0.5) is 10.1 Å². The lowest BCUT2D eigenvalue weighted by atomic mass is 10.2. The van der Waals surface area contributed by atoms with E-state index in [0.717, 1.165) is 5.56 Å². The van der Waals surface area contributed by atoms with E-state index >= 15 is 0 Å². The van der Waals surface area contributed by atoms with E-state index in [9.17, 15) is 9.18 Å². The molecule has 0 bridgehead atoms. The van der Waals surface area contributed by atoms with Crippen LogP contribution < -0.4 is 5.32 Å². The molecule has 0 saturated heterocycles. The van der Waals surface area contributed by atoms with Crippen molar-refractivity contribution in [2.24, 2.45) is 0 Å². The van der Waals surface area contributed by atoms with Crippen molar-refractivity contribution >= 4 is 23.2 Å². The minimum Gasteiger partial charge on any atom is -0.328 e. The lowest BCUT2D eigenvalue weighted by Crippen LogP contribution is -2.13. The van der Waals surface area contributed by atoms with Gasteiger partial charge in [-0.1, -0.05) is 34.1 Å². The molecule has 2 aromatic carbocycles. The van der Waals surface area contributed by atoms with E-state index in [0.29, 0.717) is 16.4 Å². The largest absolute Gasteiger partial charge is 0.328 e. The van der Waals surface area contributed by atoms with Gasteiger partial charge in [0.15, 0.2) is 5.69 Å². The smallest absolute Gasteiger partial charge is 0.316 e. The number of hydrogen-bond acceptors (Lipinski definition) is 6. The van der Waals surface area contributed by atoms with Crippen LogP contribution in [0.5, 0.6) is 0 Å². The summed E-state index contributed by atoms with van der Waals surface area (Å²) in [5.41, 5.74) is 1.74. The number of aromatic nitrogens is 5. The number of aryl methyl sites for hydroxylation is 1. The predicted molar refractivity (Wildman–Crippen MR) is 98.8 cm³/mol. The molecule has 4 rings (SSSR count). The lowest BCUT2D eigenvalue weighted by Gasteiger charge is -2.04. The van der Waals surface area contributed by atoms with Crippen LogP contribution in [0.2, 0.25) is 5.02 Å². The maximum absolute atomic E-state index is 13.9. The number of benzene rings is 2. The molecule has 0 radical (unpaired) electrons. The Balaban J connectivity index is 1.54. The number of rotatable bonds is 4.